The second-order valence-electron chi connectivity index (χ2n) is 15.5. The van der Waals surface area contributed by atoms with E-state index < -0.39 is 26.1 Å². The highest BCUT2D eigenvalue weighted by Gasteiger charge is 2.24. The maximum atomic E-state index is 12.8. The van der Waals surface area contributed by atoms with Gasteiger partial charge < -0.3 is 34.0 Å². The number of nitrogens with zero attached hydrogens (tertiary/aromatic N) is 1. The van der Waals surface area contributed by atoms with Crippen LogP contribution in [0.5, 0.6) is 0 Å². The fourth-order valence-corrected chi connectivity index (χ4v) is 6.34. The number of aliphatic hydroxyl groups excluding tert-OH is 2. The van der Waals surface area contributed by atoms with Crippen LogP contribution < -0.4 is 10.2 Å². The van der Waals surface area contributed by atoms with Gasteiger partial charge in [-0.05, 0) is 44.9 Å². The van der Waals surface area contributed by atoms with E-state index >= 15 is 0 Å². The van der Waals surface area contributed by atoms with Crippen LogP contribution in [0.1, 0.15) is 149 Å². The Bertz CT molecular complexity index is 1140. The van der Waals surface area contributed by atoms with Gasteiger partial charge in [0.05, 0.1) is 46.0 Å². The highest BCUT2D eigenvalue weighted by atomic mass is 31.2. The summed E-state index contributed by atoms with van der Waals surface area (Å²) in [5.74, 6) is -0.264. The van der Waals surface area contributed by atoms with Gasteiger partial charge in [-0.3, -0.25) is 9.36 Å². The maximum Gasteiger partial charge on any atom is 0.268 e. The molecule has 0 aliphatic carbocycles. The average Bonchev–Trinajstić information content (AvgIpc) is 3.13. The summed E-state index contributed by atoms with van der Waals surface area (Å²) in [6, 6.07) is -0.855. The van der Waals surface area contributed by atoms with Gasteiger partial charge in [0.25, 0.3) is 7.82 Å². The Morgan fingerprint density at radius 2 is 1.27 bits per heavy atom. The third-order valence-electron chi connectivity index (χ3n) is 9.05. The summed E-state index contributed by atoms with van der Waals surface area (Å²) in [5.41, 5.74) is 0. The van der Waals surface area contributed by atoms with Gasteiger partial charge in [-0.1, -0.05) is 170 Å². The molecular weight excluding hydrogens is 711 g/mol. The van der Waals surface area contributed by atoms with Gasteiger partial charge in [0, 0.05) is 6.42 Å². The molecule has 3 N–H and O–H groups in total. The molecule has 0 aromatic rings. The summed E-state index contributed by atoms with van der Waals surface area (Å²) in [7, 11) is 1.22. The van der Waals surface area contributed by atoms with Crippen molar-refractivity contribution in [3.8, 4) is 0 Å². The second kappa shape index (κ2) is 36.3. The van der Waals surface area contributed by atoms with E-state index in [1.807, 2.05) is 57.6 Å². The molecule has 2 unspecified atom stereocenters. The Morgan fingerprint density at radius 3 is 1.84 bits per heavy atom. The van der Waals surface area contributed by atoms with Crippen LogP contribution in [0.15, 0.2) is 72.9 Å². The number of carbonyl (C=O) groups excluding carboxylic acids is 1. The normalized spacial score (nSPS) is 15.7. The quantitative estimate of drug-likeness (QED) is 0.0188. The van der Waals surface area contributed by atoms with Gasteiger partial charge in [0.2, 0.25) is 5.91 Å². The predicted octanol–water partition coefficient (Wildman–Crippen LogP) is 9.97. The zero-order valence-electron chi connectivity index (χ0n) is 35.5. The minimum absolute atomic E-state index is 0.0123. The molecule has 0 aromatic heterocycles. The molecule has 9 nitrogen and oxygen atoms in total. The molecular formula is C45H81N2O7P. The number of quaternary nitrogens is 1. The van der Waals surface area contributed by atoms with Crippen molar-refractivity contribution in [2.75, 3.05) is 40.9 Å². The number of amides is 1. The number of phosphoric acid groups is 1. The van der Waals surface area contributed by atoms with Gasteiger partial charge in [-0.15, -0.1) is 0 Å². The molecule has 0 rings (SSSR count). The van der Waals surface area contributed by atoms with Crippen molar-refractivity contribution >= 4 is 13.7 Å². The van der Waals surface area contributed by atoms with E-state index in [0.717, 1.165) is 44.9 Å². The molecule has 0 aromatic carbocycles. The Kier molecular flexibility index (Phi) is 34.9. The topological polar surface area (TPSA) is 128 Å². The molecule has 0 saturated heterocycles. The van der Waals surface area contributed by atoms with Crippen molar-refractivity contribution in [3.05, 3.63) is 72.9 Å². The number of nitrogens with one attached hydrogen (secondary N) is 1. The second-order valence-corrected chi connectivity index (χ2v) is 16.9. The molecule has 0 aliphatic rings. The van der Waals surface area contributed by atoms with E-state index in [9.17, 15) is 24.5 Å². The predicted molar refractivity (Wildman–Crippen MR) is 229 cm³/mol. The summed E-state index contributed by atoms with van der Waals surface area (Å²) in [5, 5.41) is 23.6. The summed E-state index contributed by atoms with van der Waals surface area (Å²) in [4.78, 5) is 25.2. The largest absolute Gasteiger partial charge is 0.756 e. The zero-order chi connectivity index (χ0) is 40.9. The summed E-state index contributed by atoms with van der Waals surface area (Å²) in [6.07, 6.45) is 43.9. The van der Waals surface area contributed by atoms with Crippen molar-refractivity contribution < 1.29 is 38.0 Å². The lowest BCUT2D eigenvalue weighted by molar-refractivity contribution is -0.870. The van der Waals surface area contributed by atoms with E-state index in [1.54, 1.807) is 6.08 Å². The third-order valence-corrected chi connectivity index (χ3v) is 10.0. The summed E-state index contributed by atoms with van der Waals surface area (Å²) < 4.78 is 23.2. The minimum Gasteiger partial charge on any atom is -0.756 e. The van der Waals surface area contributed by atoms with E-state index in [0.29, 0.717) is 30.3 Å². The van der Waals surface area contributed by atoms with Gasteiger partial charge in [0.15, 0.2) is 0 Å². The first-order valence-electron chi connectivity index (χ1n) is 21.4. The lowest BCUT2D eigenvalue weighted by Gasteiger charge is -2.30. The maximum absolute atomic E-state index is 12.8. The molecule has 0 spiro atoms. The van der Waals surface area contributed by atoms with Crippen molar-refractivity contribution in [1.29, 1.82) is 0 Å². The van der Waals surface area contributed by atoms with Gasteiger partial charge in [-0.2, -0.15) is 0 Å². The molecule has 0 heterocycles. The van der Waals surface area contributed by atoms with Crippen LogP contribution in [0.25, 0.3) is 0 Å². The molecule has 0 saturated carbocycles. The number of likely N-dealkylation sites (N-methyl/N-ethyl adjacent to an activating group) is 1. The van der Waals surface area contributed by atoms with Gasteiger partial charge in [0.1, 0.15) is 13.2 Å². The Labute approximate surface area is 336 Å². The summed E-state index contributed by atoms with van der Waals surface area (Å²) in [6.45, 7) is 4.42. The molecule has 55 heavy (non-hydrogen) atoms. The molecule has 318 valence electrons. The lowest BCUT2D eigenvalue weighted by atomic mass is 10.0. The Balaban J connectivity index is 4.58. The first-order valence-corrected chi connectivity index (χ1v) is 22.9. The fourth-order valence-electron chi connectivity index (χ4n) is 5.62. The SMILES string of the molecule is CC/C=C\CC(O)/C=C/C=C/C/C=C\C/C=C\C/C=C\CCC(=O)N[C@@H](COP(=O)([O-])OCC[N+](C)(C)C)[C@H](O)CCCCCCCCCCCCCCC. The minimum atomic E-state index is -4.59. The molecule has 0 fully saturated rings. The Hall–Kier alpha value is -2.10. The zero-order valence-corrected chi connectivity index (χ0v) is 36.4. The van der Waals surface area contributed by atoms with Crippen LogP contribution in [0.4, 0.5) is 0 Å². The molecule has 0 bridgehead atoms. The molecule has 4 atom stereocenters. The van der Waals surface area contributed by atoms with Gasteiger partial charge >= 0.3 is 0 Å². The number of aliphatic hydroxyl groups is 2. The van der Waals surface area contributed by atoms with E-state index in [1.165, 1.54) is 64.2 Å². The average molecular weight is 793 g/mol. The molecule has 1 amide bonds. The monoisotopic (exact) mass is 793 g/mol. The smallest absolute Gasteiger partial charge is 0.268 e. The summed E-state index contributed by atoms with van der Waals surface area (Å²) >= 11 is 0. The number of phosphoric ester groups is 1. The van der Waals surface area contributed by atoms with E-state index in [2.05, 4.69) is 49.5 Å². The standard InChI is InChI=1S/C45H81N2O7P/c1-6-8-10-11-12-13-14-16-20-23-26-29-33-37-44(49)43(41-54-55(51,52)53-40-39-47(3,4)5)46-45(50)38-34-30-27-24-21-18-15-17-19-22-25-28-32-36-42(48)35-31-9-7-2/h9,17-19,21,25,27-28,30-32,36,42-44,48-49H,6-8,10-16,20,22-24,26,29,33-35,37-41H2,1-5H3,(H-,46,50,51,52)/b19-17-,21-18-,28-25+,30-27-,31-9-,36-32+/t42?,43-,44+/m0/s1. The van der Waals surface area contributed by atoms with E-state index in [4.69, 9.17) is 9.05 Å². The van der Waals surface area contributed by atoms with Crippen LogP contribution in [0, 0.1) is 0 Å². The van der Waals surface area contributed by atoms with Crippen LogP contribution in [-0.2, 0) is 18.4 Å². The van der Waals surface area contributed by atoms with Gasteiger partial charge in [-0.25, -0.2) is 0 Å². The molecule has 0 radical (unpaired) electrons. The fraction of sp³-hybridized carbons (Fsp3) is 0.711. The van der Waals surface area contributed by atoms with E-state index in [-0.39, 0.29) is 25.5 Å². The van der Waals surface area contributed by atoms with Crippen molar-refractivity contribution in [2.45, 2.75) is 167 Å². The molecule has 0 aliphatic heterocycles. The number of rotatable bonds is 37. The number of hydrogen-bond acceptors (Lipinski definition) is 7. The van der Waals surface area contributed by atoms with Crippen LogP contribution in [-0.4, -0.2) is 79.8 Å². The van der Waals surface area contributed by atoms with Crippen molar-refractivity contribution in [3.63, 3.8) is 0 Å². The number of carbonyl (C=O) groups is 1. The first-order chi connectivity index (χ1) is 26.4. The third kappa shape index (κ3) is 38.5. The number of unbranched alkanes of at least 4 members (excludes halogenated alkanes) is 12. The van der Waals surface area contributed by atoms with Crippen LogP contribution in [0.2, 0.25) is 0 Å². The van der Waals surface area contributed by atoms with Crippen LogP contribution >= 0.6 is 7.82 Å². The Morgan fingerprint density at radius 1 is 0.727 bits per heavy atom. The molecule has 10 heteroatoms. The first kappa shape index (κ1) is 52.9. The van der Waals surface area contributed by atoms with Crippen molar-refractivity contribution in [1.82, 2.24) is 5.32 Å². The van der Waals surface area contributed by atoms with Crippen LogP contribution in [0.3, 0.4) is 0 Å². The number of hydrogen-bond donors (Lipinski definition) is 3. The number of allylic oxidation sites excluding steroid dienone is 10. The van der Waals surface area contributed by atoms with Crippen molar-refractivity contribution in [2.24, 2.45) is 0 Å². The lowest BCUT2D eigenvalue weighted by Crippen LogP contribution is -2.46. The highest BCUT2D eigenvalue weighted by molar-refractivity contribution is 7.45. The highest BCUT2D eigenvalue weighted by Crippen LogP contribution is 2.38.